The molecule has 0 aliphatic carbocycles. The fraction of sp³-hybridized carbons (Fsp3) is 0.400. The van der Waals surface area contributed by atoms with E-state index in [1.165, 1.54) is 6.26 Å². The fourth-order valence-corrected chi connectivity index (χ4v) is 3.51. The van der Waals surface area contributed by atoms with Crippen LogP contribution in [0.2, 0.25) is 0 Å². The minimum absolute atomic E-state index is 0.0237. The summed E-state index contributed by atoms with van der Waals surface area (Å²) in [6, 6.07) is 3.29. The molecule has 2 aliphatic rings. The Bertz CT molecular complexity index is 721. The fourth-order valence-electron chi connectivity index (χ4n) is 3.51. The molecule has 0 radical (unpaired) electrons. The van der Waals surface area contributed by atoms with Crippen LogP contribution in [0.5, 0.6) is 0 Å². The van der Waals surface area contributed by atoms with Crippen molar-refractivity contribution in [3.63, 3.8) is 0 Å². The topological polar surface area (TPSA) is 71.6 Å². The molecular formula is C15H16N4O3. The van der Waals surface area contributed by atoms with Gasteiger partial charge in [-0.25, -0.2) is 0 Å². The summed E-state index contributed by atoms with van der Waals surface area (Å²) < 4.78 is 6.87. The maximum atomic E-state index is 12.5. The van der Waals surface area contributed by atoms with Crippen LogP contribution in [0.3, 0.4) is 0 Å². The molecule has 0 bridgehead atoms. The molecule has 22 heavy (non-hydrogen) atoms. The predicted molar refractivity (Wildman–Crippen MR) is 77.2 cm³/mol. The van der Waals surface area contributed by atoms with E-state index in [1.807, 2.05) is 13.2 Å². The lowest BCUT2D eigenvalue weighted by atomic mass is 10.1. The van der Waals surface area contributed by atoms with Crippen molar-refractivity contribution in [2.45, 2.75) is 24.9 Å². The Kier molecular flexibility index (Phi) is 2.82. The Morgan fingerprint density at radius 1 is 1.41 bits per heavy atom. The minimum atomic E-state index is -0.140. The highest BCUT2D eigenvalue weighted by Gasteiger charge is 2.49. The highest BCUT2D eigenvalue weighted by Crippen LogP contribution is 2.36. The number of nitrogens with zero attached hydrogens (tertiary/aromatic N) is 4. The summed E-state index contributed by atoms with van der Waals surface area (Å²) in [6.07, 6.45) is 6.14. The molecular weight excluding hydrogens is 284 g/mol. The maximum Gasteiger partial charge on any atom is 0.289 e. The van der Waals surface area contributed by atoms with Crippen molar-refractivity contribution in [3.8, 4) is 0 Å². The highest BCUT2D eigenvalue weighted by molar-refractivity contribution is 5.99. The van der Waals surface area contributed by atoms with Gasteiger partial charge < -0.3 is 14.2 Å². The van der Waals surface area contributed by atoms with Gasteiger partial charge in [0.2, 0.25) is 5.91 Å². The minimum Gasteiger partial charge on any atom is -0.459 e. The van der Waals surface area contributed by atoms with Gasteiger partial charge >= 0.3 is 0 Å². The Morgan fingerprint density at radius 3 is 2.95 bits per heavy atom. The van der Waals surface area contributed by atoms with E-state index < -0.39 is 0 Å². The third-order valence-corrected chi connectivity index (χ3v) is 4.46. The van der Waals surface area contributed by atoms with Gasteiger partial charge in [0.25, 0.3) is 5.91 Å². The molecule has 4 heterocycles. The monoisotopic (exact) mass is 300 g/mol. The summed E-state index contributed by atoms with van der Waals surface area (Å²) in [6.45, 7) is 0.638. The molecule has 2 aromatic rings. The molecule has 0 N–H and O–H groups in total. The first-order valence-corrected chi connectivity index (χ1v) is 7.30. The Labute approximate surface area is 127 Å². The van der Waals surface area contributed by atoms with Gasteiger partial charge in [-0.2, -0.15) is 5.10 Å². The van der Waals surface area contributed by atoms with Gasteiger partial charge in [-0.1, -0.05) is 0 Å². The van der Waals surface area contributed by atoms with Gasteiger partial charge in [0.05, 0.1) is 30.2 Å². The van der Waals surface area contributed by atoms with Gasteiger partial charge in [-0.15, -0.1) is 0 Å². The van der Waals surface area contributed by atoms with Crippen molar-refractivity contribution in [2.75, 3.05) is 11.4 Å². The van der Waals surface area contributed by atoms with E-state index in [2.05, 4.69) is 5.10 Å². The van der Waals surface area contributed by atoms with Gasteiger partial charge in [-0.05, 0) is 18.6 Å². The molecule has 0 spiro atoms. The lowest BCUT2D eigenvalue weighted by Gasteiger charge is -2.24. The first-order chi connectivity index (χ1) is 10.6. The summed E-state index contributed by atoms with van der Waals surface area (Å²) in [5, 5.41) is 4.13. The summed E-state index contributed by atoms with van der Waals surface area (Å²) in [4.78, 5) is 28.4. The van der Waals surface area contributed by atoms with Crippen molar-refractivity contribution in [1.82, 2.24) is 14.7 Å². The number of carbonyl (C=O) groups excluding carboxylic acids is 2. The van der Waals surface area contributed by atoms with E-state index in [0.29, 0.717) is 18.7 Å². The first kappa shape index (κ1) is 13.1. The molecule has 2 atom stereocenters. The third kappa shape index (κ3) is 1.85. The number of rotatable bonds is 2. The van der Waals surface area contributed by atoms with Crippen molar-refractivity contribution in [1.29, 1.82) is 0 Å². The predicted octanol–water partition coefficient (Wildman–Crippen LogP) is 1.03. The zero-order valence-electron chi connectivity index (χ0n) is 12.2. The first-order valence-electron chi connectivity index (χ1n) is 7.30. The molecule has 4 rings (SSSR count). The second kappa shape index (κ2) is 4.72. The third-order valence-electron chi connectivity index (χ3n) is 4.46. The van der Waals surface area contributed by atoms with E-state index in [-0.39, 0.29) is 23.9 Å². The normalized spacial score (nSPS) is 24.1. The van der Waals surface area contributed by atoms with E-state index in [1.54, 1.807) is 32.8 Å². The van der Waals surface area contributed by atoms with Gasteiger partial charge in [0.15, 0.2) is 5.76 Å². The molecule has 0 unspecified atom stereocenters. The second-order valence-electron chi connectivity index (χ2n) is 5.74. The summed E-state index contributed by atoms with van der Waals surface area (Å²) >= 11 is 0. The Morgan fingerprint density at radius 2 is 2.27 bits per heavy atom. The number of aromatic nitrogens is 2. The lowest BCUT2D eigenvalue weighted by Crippen LogP contribution is -2.39. The van der Waals surface area contributed by atoms with Crippen molar-refractivity contribution < 1.29 is 14.0 Å². The van der Waals surface area contributed by atoms with Gasteiger partial charge in [-0.3, -0.25) is 14.3 Å². The summed E-state index contributed by atoms with van der Waals surface area (Å²) in [5.74, 6) is 0.228. The number of carbonyl (C=O) groups is 2. The molecule has 2 aliphatic heterocycles. The standard InChI is InChI=1S/C15H16N4O3/c1-17-9-10(8-16-17)19-11-4-5-18(12(11)7-14(19)20)15(21)13-3-2-6-22-13/h2-3,6,8-9,11-12H,4-5,7H2,1H3/t11-,12+/m1/s1. The number of aryl methyl sites for hydroxylation is 1. The molecule has 2 fully saturated rings. The number of likely N-dealkylation sites (tertiary alicyclic amines) is 1. The summed E-state index contributed by atoms with van der Waals surface area (Å²) in [5.41, 5.74) is 0.798. The molecule has 114 valence electrons. The van der Waals surface area contributed by atoms with Crippen LogP contribution in [-0.2, 0) is 11.8 Å². The number of amides is 2. The number of furan rings is 1. The van der Waals surface area contributed by atoms with E-state index in [4.69, 9.17) is 4.42 Å². The van der Waals surface area contributed by atoms with Crippen LogP contribution in [0.15, 0.2) is 35.2 Å². The SMILES string of the molecule is Cn1cc(N2C(=O)C[C@H]3[C@H]2CCN3C(=O)c2ccco2)cn1. The van der Waals surface area contributed by atoms with E-state index in [0.717, 1.165) is 12.1 Å². The average Bonchev–Trinajstić information content (AvgIpc) is 3.22. The molecule has 2 saturated heterocycles. The molecule has 0 saturated carbocycles. The van der Waals surface area contributed by atoms with E-state index in [9.17, 15) is 9.59 Å². The number of fused-ring (bicyclic) bond motifs is 1. The van der Waals surface area contributed by atoms with Crippen LogP contribution in [0, 0.1) is 0 Å². The van der Waals surface area contributed by atoms with Gasteiger partial charge in [0.1, 0.15) is 0 Å². The van der Waals surface area contributed by atoms with Crippen molar-refractivity contribution >= 4 is 17.5 Å². The van der Waals surface area contributed by atoms with Crippen LogP contribution < -0.4 is 4.90 Å². The molecule has 2 aromatic heterocycles. The van der Waals surface area contributed by atoms with Crippen LogP contribution in [0.1, 0.15) is 23.4 Å². The highest BCUT2D eigenvalue weighted by atomic mass is 16.3. The average molecular weight is 300 g/mol. The molecule has 7 heteroatoms. The Hall–Kier alpha value is -2.57. The molecule has 2 amide bonds. The zero-order valence-corrected chi connectivity index (χ0v) is 12.2. The quantitative estimate of drug-likeness (QED) is 0.830. The van der Waals surface area contributed by atoms with E-state index >= 15 is 0 Å². The summed E-state index contributed by atoms with van der Waals surface area (Å²) in [7, 11) is 1.82. The zero-order chi connectivity index (χ0) is 15.3. The molecule has 7 nitrogen and oxygen atoms in total. The van der Waals surface area contributed by atoms with Crippen LogP contribution >= 0.6 is 0 Å². The van der Waals surface area contributed by atoms with Crippen LogP contribution in [0.25, 0.3) is 0 Å². The number of anilines is 1. The number of hydrogen-bond acceptors (Lipinski definition) is 4. The van der Waals surface area contributed by atoms with Crippen LogP contribution in [-0.4, -0.2) is 45.1 Å². The van der Waals surface area contributed by atoms with Crippen molar-refractivity contribution in [2.24, 2.45) is 7.05 Å². The smallest absolute Gasteiger partial charge is 0.289 e. The van der Waals surface area contributed by atoms with Crippen molar-refractivity contribution in [3.05, 3.63) is 36.5 Å². The largest absolute Gasteiger partial charge is 0.459 e. The maximum absolute atomic E-state index is 12.5. The number of hydrogen-bond donors (Lipinski definition) is 0. The molecule has 0 aromatic carbocycles. The van der Waals surface area contributed by atoms with Crippen LogP contribution in [0.4, 0.5) is 5.69 Å². The lowest BCUT2D eigenvalue weighted by molar-refractivity contribution is -0.117. The van der Waals surface area contributed by atoms with Gasteiger partial charge in [0, 0.05) is 26.2 Å². The second-order valence-corrected chi connectivity index (χ2v) is 5.74. The Balaban J connectivity index is 1.60.